The Bertz CT molecular complexity index is 921. The molecule has 2 N–H and O–H groups in total. The molecule has 0 aromatic heterocycles. The molecule has 10 heteroatoms. The molecule has 0 saturated carbocycles. The molecule has 0 atom stereocenters. The number of rotatable bonds is 6. The molecule has 0 fully saturated rings. The van der Waals surface area contributed by atoms with Crippen molar-refractivity contribution in [3.05, 3.63) is 81.5 Å². The van der Waals surface area contributed by atoms with Crippen molar-refractivity contribution in [1.82, 2.24) is 0 Å². The third kappa shape index (κ3) is 5.14. The fraction of sp³-hybridized carbons (Fsp3) is 0.0588. The maximum atomic E-state index is 12.7. The minimum Gasteiger partial charge on any atom is -0.477 e. The van der Waals surface area contributed by atoms with Crippen LogP contribution in [0.3, 0.4) is 0 Å². The Hall–Kier alpha value is -3.69. The Morgan fingerprint density at radius 1 is 1.11 bits per heavy atom. The number of aliphatic carboxylic acids is 1. The number of ketones is 1. The number of carboxylic acid groups (broad SMARTS) is 1. The first kappa shape index (κ1) is 19.6. The second kappa shape index (κ2) is 7.68. The van der Waals surface area contributed by atoms with Crippen LogP contribution >= 0.6 is 0 Å². The number of nitrogens with zero attached hydrogens (tertiary/aromatic N) is 1. The van der Waals surface area contributed by atoms with Gasteiger partial charge < -0.3 is 10.4 Å². The smallest absolute Gasteiger partial charge is 0.416 e. The van der Waals surface area contributed by atoms with E-state index in [2.05, 4.69) is 5.32 Å². The summed E-state index contributed by atoms with van der Waals surface area (Å²) in [6.07, 6.45) is -3.93. The van der Waals surface area contributed by atoms with Gasteiger partial charge in [-0.25, -0.2) is 4.79 Å². The lowest BCUT2D eigenvalue weighted by atomic mass is 10.1. The molecular weight excluding hydrogens is 369 g/mol. The van der Waals surface area contributed by atoms with E-state index in [1.165, 1.54) is 6.07 Å². The summed E-state index contributed by atoms with van der Waals surface area (Å²) in [7, 11) is 0. The molecule has 0 amide bonds. The van der Waals surface area contributed by atoms with Crippen LogP contribution in [0.2, 0.25) is 0 Å². The van der Waals surface area contributed by atoms with Gasteiger partial charge in [0.15, 0.2) is 5.78 Å². The Kier molecular flexibility index (Phi) is 5.59. The molecule has 0 unspecified atom stereocenters. The highest BCUT2D eigenvalue weighted by molar-refractivity contribution is 6.09. The number of nitro benzene ring substituents is 1. The van der Waals surface area contributed by atoms with Gasteiger partial charge in [0.1, 0.15) is 5.70 Å². The van der Waals surface area contributed by atoms with E-state index in [-0.39, 0.29) is 16.9 Å². The number of hydrogen-bond acceptors (Lipinski definition) is 5. The third-order valence-electron chi connectivity index (χ3n) is 3.34. The minimum absolute atomic E-state index is 0.0230. The maximum Gasteiger partial charge on any atom is 0.416 e. The molecule has 2 rings (SSSR count). The largest absolute Gasteiger partial charge is 0.477 e. The van der Waals surface area contributed by atoms with Crippen molar-refractivity contribution in [2.75, 3.05) is 5.32 Å². The Balaban J connectivity index is 2.28. The van der Waals surface area contributed by atoms with Crippen LogP contribution in [0.4, 0.5) is 24.5 Å². The number of allylic oxidation sites excluding steroid dienone is 1. The average molecular weight is 380 g/mol. The molecule has 0 bridgehead atoms. The molecule has 7 nitrogen and oxygen atoms in total. The molecule has 2 aromatic carbocycles. The lowest BCUT2D eigenvalue weighted by molar-refractivity contribution is -0.384. The number of anilines is 1. The van der Waals surface area contributed by atoms with Crippen LogP contribution in [0.1, 0.15) is 15.9 Å². The van der Waals surface area contributed by atoms with Crippen LogP contribution in [0.15, 0.2) is 60.3 Å². The molecule has 140 valence electrons. The number of non-ortho nitro benzene ring substituents is 1. The van der Waals surface area contributed by atoms with Gasteiger partial charge in [-0.3, -0.25) is 14.9 Å². The van der Waals surface area contributed by atoms with Gasteiger partial charge in [0.2, 0.25) is 0 Å². The summed E-state index contributed by atoms with van der Waals surface area (Å²) < 4.78 is 38.2. The number of halogens is 3. The van der Waals surface area contributed by atoms with E-state index < -0.39 is 34.1 Å². The highest BCUT2D eigenvalue weighted by Crippen LogP contribution is 2.31. The van der Waals surface area contributed by atoms with E-state index in [0.29, 0.717) is 12.1 Å². The maximum absolute atomic E-state index is 12.7. The highest BCUT2D eigenvalue weighted by Gasteiger charge is 2.30. The van der Waals surface area contributed by atoms with Gasteiger partial charge >= 0.3 is 12.1 Å². The van der Waals surface area contributed by atoms with Crippen LogP contribution in [-0.4, -0.2) is 21.8 Å². The van der Waals surface area contributed by atoms with E-state index >= 15 is 0 Å². The minimum atomic E-state index is -4.61. The Morgan fingerprint density at radius 2 is 1.74 bits per heavy atom. The standard InChI is InChI=1S/C17H11F3N2O5/c18-17(19,20)11-2-1-3-12(8-11)21-14(16(24)25)9-15(23)10-4-6-13(7-5-10)22(26)27/h1-9,21H,(H,24,25). The van der Waals surface area contributed by atoms with Gasteiger partial charge in [0.25, 0.3) is 5.69 Å². The van der Waals surface area contributed by atoms with Crippen molar-refractivity contribution in [1.29, 1.82) is 0 Å². The second-order valence-corrected chi connectivity index (χ2v) is 5.23. The van der Waals surface area contributed by atoms with E-state index in [4.69, 9.17) is 0 Å². The van der Waals surface area contributed by atoms with Crippen LogP contribution in [0, 0.1) is 10.1 Å². The zero-order valence-electron chi connectivity index (χ0n) is 13.4. The van der Waals surface area contributed by atoms with Gasteiger partial charge in [-0.1, -0.05) is 6.07 Å². The van der Waals surface area contributed by atoms with Crippen molar-refractivity contribution in [2.45, 2.75) is 6.18 Å². The zero-order valence-corrected chi connectivity index (χ0v) is 13.4. The first-order valence-corrected chi connectivity index (χ1v) is 7.26. The van der Waals surface area contributed by atoms with Crippen LogP contribution < -0.4 is 5.32 Å². The van der Waals surface area contributed by atoms with Crippen molar-refractivity contribution in [3.8, 4) is 0 Å². The number of hydrogen-bond donors (Lipinski definition) is 2. The highest BCUT2D eigenvalue weighted by atomic mass is 19.4. The summed E-state index contributed by atoms with van der Waals surface area (Å²) in [6, 6.07) is 8.24. The molecule has 0 aliphatic carbocycles. The zero-order chi connectivity index (χ0) is 20.2. The van der Waals surface area contributed by atoms with E-state index in [9.17, 15) is 38.0 Å². The van der Waals surface area contributed by atoms with Gasteiger partial charge in [-0.2, -0.15) is 13.2 Å². The summed E-state index contributed by atoms with van der Waals surface area (Å²) in [5.41, 5.74) is -2.09. The molecule has 2 aromatic rings. The number of carboxylic acids is 1. The lowest BCUT2D eigenvalue weighted by Gasteiger charge is -2.11. The fourth-order valence-corrected chi connectivity index (χ4v) is 2.04. The summed E-state index contributed by atoms with van der Waals surface area (Å²) in [6.45, 7) is 0. The van der Waals surface area contributed by atoms with Crippen molar-refractivity contribution < 1.29 is 32.8 Å². The molecule has 0 radical (unpaired) electrons. The van der Waals surface area contributed by atoms with E-state index in [1.54, 1.807) is 0 Å². The quantitative estimate of drug-likeness (QED) is 0.341. The first-order chi connectivity index (χ1) is 12.6. The number of nitro groups is 1. The number of nitrogens with one attached hydrogen (secondary N) is 1. The van der Waals surface area contributed by atoms with Crippen molar-refractivity contribution >= 4 is 23.1 Å². The number of alkyl halides is 3. The normalized spacial score (nSPS) is 11.7. The Labute approximate surface area is 149 Å². The predicted molar refractivity (Wildman–Crippen MR) is 88.2 cm³/mol. The number of carbonyl (C=O) groups is 2. The monoisotopic (exact) mass is 380 g/mol. The van der Waals surface area contributed by atoms with Crippen LogP contribution in [0.25, 0.3) is 0 Å². The second-order valence-electron chi connectivity index (χ2n) is 5.23. The molecule has 0 aliphatic rings. The van der Waals surface area contributed by atoms with Crippen LogP contribution in [-0.2, 0) is 11.0 Å². The van der Waals surface area contributed by atoms with Gasteiger partial charge in [0.05, 0.1) is 10.5 Å². The van der Waals surface area contributed by atoms with E-state index in [0.717, 1.165) is 36.4 Å². The first-order valence-electron chi connectivity index (χ1n) is 7.26. The predicted octanol–water partition coefficient (Wildman–Crippen LogP) is 3.88. The topological polar surface area (TPSA) is 110 Å². The number of carbonyl (C=O) groups excluding carboxylic acids is 1. The molecule has 0 saturated heterocycles. The molecule has 0 aliphatic heterocycles. The fourth-order valence-electron chi connectivity index (χ4n) is 2.04. The molecular formula is C17H11F3N2O5. The summed E-state index contributed by atoms with van der Waals surface area (Å²) in [5, 5.41) is 22.0. The van der Waals surface area contributed by atoms with Gasteiger partial charge in [-0.05, 0) is 30.3 Å². The molecule has 0 spiro atoms. The molecule has 0 heterocycles. The molecule has 27 heavy (non-hydrogen) atoms. The Morgan fingerprint density at radius 3 is 2.26 bits per heavy atom. The summed E-state index contributed by atoms with van der Waals surface area (Å²) >= 11 is 0. The number of benzene rings is 2. The van der Waals surface area contributed by atoms with Crippen LogP contribution in [0.5, 0.6) is 0 Å². The summed E-state index contributed by atoms with van der Waals surface area (Å²) in [4.78, 5) is 33.4. The average Bonchev–Trinajstić information content (AvgIpc) is 2.60. The van der Waals surface area contributed by atoms with E-state index in [1.807, 2.05) is 0 Å². The van der Waals surface area contributed by atoms with Crippen molar-refractivity contribution in [2.24, 2.45) is 0 Å². The van der Waals surface area contributed by atoms with Crippen molar-refractivity contribution in [3.63, 3.8) is 0 Å². The third-order valence-corrected chi connectivity index (χ3v) is 3.34. The lowest BCUT2D eigenvalue weighted by Crippen LogP contribution is -2.13. The summed E-state index contributed by atoms with van der Waals surface area (Å²) in [5.74, 6) is -2.36. The van der Waals surface area contributed by atoms with Gasteiger partial charge in [-0.15, -0.1) is 0 Å². The SMILES string of the molecule is O=C(O)C(=CC(=O)c1ccc([N+](=O)[O-])cc1)Nc1cccc(C(F)(F)F)c1. The van der Waals surface area contributed by atoms with Gasteiger partial charge in [0, 0.05) is 29.5 Å².